The molecule has 0 aromatic rings. The number of aliphatic hydroxyl groups is 2. The molecule has 2 atom stereocenters. The Morgan fingerprint density at radius 2 is 1.00 bits per heavy atom. The number of carbonyl (C=O) groups excluding carboxylic acids is 2. The first kappa shape index (κ1) is 13.3. The fraction of sp³-hybridized carbons (Fsp3) is 0.833. The summed E-state index contributed by atoms with van der Waals surface area (Å²) < 4.78 is 0. The summed E-state index contributed by atoms with van der Waals surface area (Å²) in [5.74, 6) is -1.07. The number of likely N-dealkylation sites (tertiary alicyclic amines) is 2. The quantitative estimate of drug-likeness (QED) is 0.675. The molecule has 0 bridgehead atoms. The molecule has 6 heteroatoms. The molecule has 0 aromatic carbocycles. The van der Waals surface area contributed by atoms with Crippen LogP contribution in [0, 0.1) is 0 Å². The minimum atomic E-state index is -1.63. The average Bonchev–Trinajstić information content (AvgIpc) is 3.06. The van der Waals surface area contributed by atoms with Crippen LogP contribution in [-0.2, 0) is 9.59 Å². The Morgan fingerprint density at radius 3 is 1.28 bits per heavy atom. The molecular weight excluding hydrogens is 236 g/mol. The van der Waals surface area contributed by atoms with E-state index in [2.05, 4.69) is 0 Å². The van der Waals surface area contributed by atoms with Crippen LogP contribution in [0.5, 0.6) is 0 Å². The van der Waals surface area contributed by atoms with Crippen LogP contribution in [0.1, 0.15) is 25.7 Å². The van der Waals surface area contributed by atoms with Crippen molar-refractivity contribution in [1.29, 1.82) is 0 Å². The standard InChI is InChI=1S/C12H20N2O4/c15-9(11(17)13-5-1-2-6-13)10(16)12(18)14-7-3-4-8-14/h9-10,15-16H,1-8H2/t9-,10-/m1/s1. The van der Waals surface area contributed by atoms with Crippen LogP contribution in [-0.4, -0.2) is 70.2 Å². The first-order valence-electron chi connectivity index (χ1n) is 6.55. The fourth-order valence-electron chi connectivity index (χ4n) is 2.52. The summed E-state index contributed by atoms with van der Waals surface area (Å²) in [4.78, 5) is 26.7. The Labute approximate surface area is 106 Å². The van der Waals surface area contributed by atoms with Gasteiger partial charge in [0.25, 0.3) is 11.8 Å². The van der Waals surface area contributed by atoms with Crippen LogP contribution in [0.2, 0.25) is 0 Å². The summed E-state index contributed by atoms with van der Waals surface area (Å²) in [6.45, 7) is 2.39. The monoisotopic (exact) mass is 256 g/mol. The van der Waals surface area contributed by atoms with Crippen molar-refractivity contribution < 1.29 is 19.8 Å². The van der Waals surface area contributed by atoms with Crippen molar-refractivity contribution in [2.45, 2.75) is 37.9 Å². The Balaban J connectivity index is 1.92. The lowest BCUT2D eigenvalue weighted by molar-refractivity contribution is -0.156. The molecule has 2 N–H and O–H groups in total. The van der Waals surface area contributed by atoms with Gasteiger partial charge < -0.3 is 20.0 Å². The lowest BCUT2D eigenvalue weighted by atomic mass is 10.1. The van der Waals surface area contributed by atoms with Gasteiger partial charge in [0.2, 0.25) is 0 Å². The summed E-state index contributed by atoms with van der Waals surface area (Å²) in [5, 5.41) is 19.6. The molecule has 2 aliphatic heterocycles. The van der Waals surface area contributed by atoms with Crippen LogP contribution in [0.25, 0.3) is 0 Å². The summed E-state index contributed by atoms with van der Waals surface area (Å²) in [6.07, 6.45) is 0.388. The Morgan fingerprint density at radius 1 is 0.722 bits per heavy atom. The summed E-state index contributed by atoms with van der Waals surface area (Å²) in [7, 11) is 0. The van der Waals surface area contributed by atoms with Gasteiger partial charge in [-0.1, -0.05) is 0 Å². The zero-order chi connectivity index (χ0) is 13.1. The van der Waals surface area contributed by atoms with Crippen molar-refractivity contribution in [1.82, 2.24) is 9.80 Å². The van der Waals surface area contributed by atoms with Gasteiger partial charge in [-0.2, -0.15) is 0 Å². The highest BCUT2D eigenvalue weighted by atomic mass is 16.3. The van der Waals surface area contributed by atoms with Crippen LogP contribution < -0.4 is 0 Å². The van der Waals surface area contributed by atoms with Crippen LogP contribution in [0.4, 0.5) is 0 Å². The zero-order valence-electron chi connectivity index (χ0n) is 10.4. The van der Waals surface area contributed by atoms with Crippen LogP contribution in [0.3, 0.4) is 0 Å². The van der Waals surface area contributed by atoms with Gasteiger partial charge in [-0.15, -0.1) is 0 Å². The minimum absolute atomic E-state index is 0.535. The summed E-state index contributed by atoms with van der Waals surface area (Å²) in [5.41, 5.74) is 0. The minimum Gasteiger partial charge on any atom is -0.380 e. The molecule has 0 aliphatic carbocycles. The molecule has 0 saturated carbocycles. The van der Waals surface area contributed by atoms with Gasteiger partial charge in [-0.3, -0.25) is 9.59 Å². The molecule has 6 nitrogen and oxygen atoms in total. The first-order chi connectivity index (χ1) is 8.61. The summed E-state index contributed by atoms with van der Waals surface area (Å²) in [6, 6.07) is 0. The number of aliphatic hydroxyl groups excluding tert-OH is 2. The van der Waals surface area contributed by atoms with Crippen molar-refractivity contribution >= 4 is 11.8 Å². The average molecular weight is 256 g/mol. The summed E-state index contributed by atoms with van der Waals surface area (Å²) >= 11 is 0. The second-order valence-electron chi connectivity index (χ2n) is 4.95. The van der Waals surface area contributed by atoms with Gasteiger partial charge in [0, 0.05) is 26.2 Å². The number of carbonyl (C=O) groups is 2. The third-order valence-corrected chi connectivity index (χ3v) is 3.64. The molecule has 18 heavy (non-hydrogen) atoms. The van der Waals surface area contributed by atoms with Crippen molar-refractivity contribution in [2.24, 2.45) is 0 Å². The molecule has 2 saturated heterocycles. The van der Waals surface area contributed by atoms with Crippen molar-refractivity contribution in [2.75, 3.05) is 26.2 Å². The molecule has 0 unspecified atom stereocenters. The molecule has 2 heterocycles. The fourth-order valence-corrected chi connectivity index (χ4v) is 2.52. The molecular formula is C12H20N2O4. The van der Waals surface area contributed by atoms with E-state index in [1.807, 2.05) is 0 Å². The van der Waals surface area contributed by atoms with E-state index in [0.717, 1.165) is 25.7 Å². The van der Waals surface area contributed by atoms with Crippen molar-refractivity contribution in [3.63, 3.8) is 0 Å². The lowest BCUT2D eigenvalue weighted by Crippen LogP contribution is -2.50. The van der Waals surface area contributed by atoms with Gasteiger partial charge in [0.15, 0.2) is 12.2 Å². The third-order valence-electron chi connectivity index (χ3n) is 3.64. The smallest absolute Gasteiger partial charge is 0.254 e. The van der Waals surface area contributed by atoms with Gasteiger partial charge in [0.1, 0.15) is 0 Å². The van der Waals surface area contributed by atoms with Crippen LogP contribution in [0.15, 0.2) is 0 Å². The molecule has 0 aromatic heterocycles. The molecule has 2 aliphatic rings. The van der Waals surface area contributed by atoms with Gasteiger partial charge in [-0.05, 0) is 25.7 Å². The topological polar surface area (TPSA) is 81.1 Å². The normalized spacial score (nSPS) is 23.2. The number of hydrogen-bond donors (Lipinski definition) is 2. The molecule has 0 radical (unpaired) electrons. The van der Waals surface area contributed by atoms with E-state index in [9.17, 15) is 19.8 Å². The lowest BCUT2D eigenvalue weighted by Gasteiger charge is -2.25. The maximum atomic E-state index is 11.9. The third kappa shape index (κ3) is 2.64. The number of hydrogen-bond acceptors (Lipinski definition) is 4. The highest BCUT2D eigenvalue weighted by Gasteiger charge is 2.36. The highest BCUT2D eigenvalue weighted by molar-refractivity contribution is 5.90. The molecule has 2 amide bonds. The molecule has 2 fully saturated rings. The van der Waals surface area contributed by atoms with E-state index < -0.39 is 24.0 Å². The number of amides is 2. The zero-order valence-corrected chi connectivity index (χ0v) is 10.4. The highest BCUT2D eigenvalue weighted by Crippen LogP contribution is 2.14. The molecule has 0 spiro atoms. The maximum Gasteiger partial charge on any atom is 0.254 e. The second-order valence-corrected chi connectivity index (χ2v) is 4.95. The molecule has 102 valence electrons. The maximum absolute atomic E-state index is 11.9. The van der Waals surface area contributed by atoms with Gasteiger partial charge in [-0.25, -0.2) is 0 Å². The Hall–Kier alpha value is -1.14. The Bertz CT molecular complexity index is 290. The van der Waals surface area contributed by atoms with Crippen LogP contribution >= 0.6 is 0 Å². The van der Waals surface area contributed by atoms with Gasteiger partial charge in [0.05, 0.1) is 0 Å². The number of rotatable bonds is 3. The van der Waals surface area contributed by atoms with E-state index >= 15 is 0 Å². The largest absolute Gasteiger partial charge is 0.380 e. The Kier molecular flexibility index (Phi) is 4.19. The van der Waals surface area contributed by atoms with E-state index in [0.29, 0.717) is 26.2 Å². The van der Waals surface area contributed by atoms with Crippen molar-refractivity contribution in [3.05, 3.63) is 0 Å². The first-order valence-corrected chi connectivity index (χ1v) is 6.55. The SMILES string of the molecule is O=C([C@H](O)[C@@H](O)C(=O)N1CCCC1)N1CCCC1. The van der Waals surface area contributed by atoms with E-state index in [1.165, 1.54) is 9.80 Å². The van der Waals surface area contributed by atoms with E-state index in [1.54, 1.807) is 0 Å². The predicted molar refractivity (Wildman–Crippen MR) is 63.6 cm³/mol. The van der Waals surface area contributed by atoms with Gasteiger partial charge >= 0.3 is 0 Å². The van der Waals surface area contributed by atoms with Crippen molar-refractivity contribution in [3.8, 4) is 0 Å². The van der Waals surface area contributed by atoms with E-state index in [-0.39, 0.29) is 0 Å². The number of nitrogens with zero attached hydrogens (tertiary/aromatic N) is 2. The van der Waals surface area contributed by atoms with E-state index in [4.69, 9.17) is 0 Å². The second kappa shape index (κ2) is 5.67. The molecule has 2 rings (SSSR count). The predicted octanol–water partition coefficient (Wildman–Crippen LogP) is -1.05.